The van der Waals surface area contributed by atoms with Crippen LogP contribution >= 0.6 is 30.3 Å². The zero-order chi connectivity index (χ0) is 16.4. The van der Waals surface area contributed by atoms with Gasteiger partial charge in [0, 0.05) is 18.0 Å². The standard InChI is InChI=1S/C13H11N3O2.3ClH.Fe/c17-12-4-2-1-3-11(12)9-15-16-13(18)10-5-7-14-8-6-10;;;;/h1-9H,(H2,14,15,16,17,18);3*1H;/q;;;;+3/p-3. The van der Waals surface area contributed by atoms with E-state index in [0.29, 0.717) is 11.1 Å². The van der Waals surface area contributed by atoms with Gasteiger partial charge in [-0.3, -0.25) is 14.6 Å². The van der Waals surface area contributed by atoms with Crippen LogP contribution in [0.3, 0.4) is 0 Å². The number of aromatic nitrogens is 1. The number of carbonyl (C=O) groups is 1. The first-order valence-electron chi connectivity index (χ1n) is 5.69. The predicted molar refractivity (Wildman–Crippen MR) is 85.7 cm³/mol. The Morgan fingerprint density at radius 2 is 1.82 bits per heavy atom. The van der Waals surface area contributed by atoms with Crippen LogP contribution in [-0.4, -0.2) is 21.5 Å². The van der Waals surface area contributed by atoms with E-state index >= 15 is 0 Å². The third-order valence-electron chi connectivity index (χ3n) is 2.25. The van der Waals surface area contributed by atoms with Crippen molar-refractivity contribution < 1.29 is 20.8 Å². The number of hydrogen-bond acceptors (Lipinski definition) is 3. The summed E-state index contributed by atoms with van der Waals surface area (Å²) in [6.07, 6.45) is 11.1. The molecule has 1 aliphatic rings. The number of nitrogens with one attached hydrogen (secondary N) is 1. The molecule has 9 heteroatoms. The molecule has 1 heterocycles. The summed E-state index contributed by atoms with van der Waals surface area (Å²) < 4.78 is 0. The molecule has 22 heavy (non-hydrogen) atoms. The topological polar surface area (TPSA) is 77.5 Å². The van der Waals surface area contributed by atoms with Crippen molar-refractivity contribution in [3.8, 4) is 0 Å². The van der Waals surface area contributed by atoms with Crippen LogP contribution in [0.2, 0.25) is 0 Å². The Hall–Kier alpha value is -1.30. The Morgan fingerprint density at radius 1 is 1.23 bits per heavy atom. The Balaban J connectivity index is 0.000000541. The zero-order valence-electron chi connectivity index (χ0n) is 10.9. The van der Waals surface area contributed by atoms with Crippen LogP contribution < -0.4 is 5.43 Å². The molecule has 119 valence electrons. The van der Waals surface area contributed by atoms with Crippen molar-refractivity contribution in [3.63, 3.8) is 0 Å². The maximum absolute atomic E-state index is 11.4. The van der Waals surface area contributed by atoms with Gasteiger partial charge < -0.3 is 10.9 Å². The summed E-state index contributed by atoms with van der Waals surface area (Å²) >= 11 is -1.33. The molecule has 2 rings (SSSR count). The van der Waals surface area contributed by atoms with E-state index in [1.165, 1.54) is 12.3 Å². The fourth-order valence-electron chi connectivity index (χ4n) is 1.33. The van der Waals surface area contributed by atoms with E-state index in [-0.39, 0.29) is 11.7 Å². The summed E-state index contributed by atoms with van der Waals surface area (Å²) in [6.45, 7) is 0. The Bertz CT molecular complexity index is 601. The second-order valence-corrected chi connectivity index (χ2v) is 9.11. The Labute approximate surface area is 144 Å². The van der Waals surface area contributed by atoms with Gasteiger partial charge in [0.05, 0.1) is 5.56 Å². The quantitative estimate of drug-likeness (QED) is 0.363. The number of allylic oxidation sites excluding steroid dienone is 5. The molecule has 1 aliphatic carbocycles. The van der Waals surface area contributed by atoms with Crippen LogP contribution in [0, 0.1) is 0 Å². The van der Waals surface area contributed by atoms with Crippen LogP contribution in [0.5, 0.6) is 0 Å². The number of amides is 1. The molecule has 1 aromatic heterocycles. The number of pyridine rings is 1. The minimum atomic E-state index is -1.33. The SMILES string of the molecule is O=C1C=CC=CC1=CN[N-]C(=[OH+])c1ccncc1.[Cl][Fe]([Cl])[Cl]. The van der Waals surface area contributed by atoms with E-state index in [1.807, 2.05) is 0 Å². The van der Waals surface area contributed by atoms with Crippen molar-refractivity contribution in [2.24, 2.45) is 0 Å². The predicted octanol–water partition coefficient (Wildman–Crippen LogP) is 3.46. The minimum absolute atomic E-state index is 0.108. The van der Waals surface area contributed by atoms with Crippen molar-refractivity contribution in [1.82, 2.24) is 10.4 Å². The van der Waals surface area contributed by atoms with Crippen molar-refractivity contribution in [3.05, 3.63) is 71.6 Å². The van der Waals surface area contributed by atoms with Crippen molar-refractivity contribution >= 4 is 42.0 Å². The normalized spacial score (nSPS) is 15.0. The van der Waals surface area contributed by atoms with Crippen LogP contribution in [0.25, 0.3) is 5.43 Å². The Kier molecular flexibility index (Phi) is 8.89. The summed E-state index contributed by atoms with van der Waals surface area (Å²) in [5, 5.41) is 0. The molecule has 0 unspecified atom stereocenters. The van der Waals surface area contributed by atoms with Gasteiger partial charge >= 0.3 is 41.5 Å². The van der Waals surface area contributed by atoms with Crippen molar-refractivity contribution in [2.45, 2.75) is 0 Å². The van der Waals surface area contributed by atoms with E-state index in [9.17, 15) is 9.59 Å². The van der Waals surface area contributed by atoms with Gasteiger partial charge in [-0.25, -0.2) is 0 Å². The maximum atomic E-state index is 11.4. The van der Waals surface area contributed by atoms with Crippen LogP contribution in [-0.2, 0) is 16.0 Å². The van der Waals surface area contributed by atoms with E-state index in [1.54, 1.807) is 42.8 Å². The molecule has 5 nitrogen and oxygen atoms in total. The van der Waals surface area contributed by atoms with Crippen LogP contribution in [0.15, 0.2) is 60.6 Å². The number of nitrogens with zero attached hydrogens (tertiary/aromatic N) is 2. The third-order valence-corrected chi connectivity index (χ3v) is 2.25. The van der Waals surface area contributed by atoms with Crippen LogP contribution in [0.1, 0.15) is 5.56 Å². The summed E-state index contributed by atoms with van der Waals surface area (Å²) in [7, 11) is 14.7. The molecule has 0 fully saturated rings. The van der Waals surface area contributed by atoms with Crippen molar-refractivity contribution in [1.29, 1.82) is 0 Å². The average molecular weight is 403 g/mol. The molecular formula is C13H11Cl3FeN3O2. The fourth-order valence-corrected chi connectivity index (χ4v) is 1.33. The average Bonchev–Trinajstić information content (AvgIpc) is 2.49. The number of halogens is 3. The van der Waals surface area contributed by atoms with Gasteiger partial charge in [0.2, 0.25) is 0 Å². The molecule has 1 amide bonds. The molecule has 0 bridgehead atoms. The second kappa shape index (κ2) is 10.4. The van der Waals surface area contributed by atoms with Gasteiger partial charge in [-0.2, -0.15) is 0 Å². The van der Waals surface area contributed by atoms with Gasteiger partial charge in [-0.15, -0.1) is 0 Å². The third kappa shape index (κ3) is 7.63. The molecule has 0 saturated heterocycles. The summed E-state index contributed by atoms with van der Waals surface area (Å²) in [4.78, 5) is 24.8. The number of ketones is 1. The summed E-state index contributed by atoms with van der Waals surface area (Å²) in [5.74, 6) is -0.277. The van der Waals surface area contributed by atoms with Gasteiger partial charge in [0.1, 0.15) is 0 Å². The molecule has 0 aliphatic heterocycles. The number of rotatable bonds is 3. The molecule has 0 atom stereocenters. The van der Waals surface area contributed by atoms with Gasteiger partial charge in [-0.05, 0) is 30.5 Å². The fraction of sp³-hybridized carbons (Fsp3) is 0. The summed E-state index contributed by atoms with van der Waals surface area (Å²) in [6, 6.07) is 3.25. The first-order valence-corrected chi connectivity index (χ1v) is 10.2. The van der Waals surface area contributed by atoms with Crippen LogP contribution in [0.4, 0.5) is 0 Å². The molecule has 0 saturated carbocycles. The molecule has 2 N–H and O–H groups in total. The van der Waals surface area contributed by atoms with E-state index in [0.717, 1.165) is 0 Å². The summed E-state index contributed by atoms with van der Waals surface area (Å²) in [5.41, 5.74) is 7.28. The number of carbonyl (C=O) groups excluding carboxylic acids is 2. The monoisotopic (exact) mass is 402 g/mol. The van der Waals surface area contributed by atoms with E-state index in [2.05, 4.69) is 15.8 Å². The molecular weight excluding hydrogens is 392 g/mol. The first-order chi connectivity index (χ1) is 10.5. The molecule has 0 radical (unpaired) electrons. The van der Waals surface area contributed by atoms with Crippen molar-refractivity contribution in [2.75, 3.05) is 0 Å². The number of hydrogen-bond donors (Lipinski definition) is 1. The molecule has 0 aromatic carbocycles. The molecule has 1 aromatic rings. The van der Waals surface area contributed by atoms with Gasteiger partial charge in [0.15, 0.2) is 5.78 Å². The second-order valence-electron chi connectivity index (χ2n) is 3.63. The molecule has 0 spiro atoms. The van der Waals surface area contributed by atoms with Gasteiger partial charge in [0.25, 0.3) is 5.91 Å². The first kappa shape index (κ1) is 18.7. The Morgan fingerprint density at radius 3 is 2.41 bits per heavy atom. The van der Waals surface area contributed by atoms with Gasteiger partial charge in [-0.1, -0.05) is 12.2 Å². The van der Waals surface area contributed by atoms with E-state index < -0.39 is 11.2 Å². The van der Waals surface area contributed by atoms with E-state index in [4.69, 9.17) is 30.3 Å². The zero-order valence-corrected chi connectivity index (χ0v) is 14.3.